The van der Waals surface area contributed by atoms with Crippen molar-refractivity contribution >= 4 is 15.7 Å². The number of aryl methyl sites for hydroxylation is 2. The van der Waals surface area contributed by atoms with Gasteiger partial charge >= 0.3 is 0 Å². The summed E-state index contributed by atoms with van der Waals surface area (Å²) in [4.78, 5) is 11.4. The number of aliphatic hydroxyl groups is 1. The molecular formula is C19H23NO4S. The van der Waals surface area contributed by atoms with Crippen LogP contribution < -0.4 is 5.73 Å². The summed E-state index contributed by atoms with van der Waals surface area (Å²) in [6.45, 7) is 5.07. The fourth-order valence-corrected chi connectivity index (χ4v) is 4.53. The van der Waals surface area contributed by atoms with Crippen molar-refractivity contribution in [3.05, 3.63) is 64.7 Å². The molecule has 6 heteroatoms. The summed E-state index contributed by atoms with van der Waals surface area (Å²) in [5.74, 6) is -1.82. The highest BCUT2D eigenvalue weighted by atomic mass is 32.2. The molecule has 3 N–H and O–H groups in total. The summed E-state index contributed by atoms with van der Waals surface area (Å²) in [6.07, 6.45) is 0.446. The minimum atomic E-state index is -3.89. The summed E-state index contributed by atoms with van der Waals surface area (Å²) in [7, 11) is -3.89. The van der Waals surface area contributed by atoms with Crippen LogP contribution in [0.3, 0.4) is 0 Å². The molecule has 0 aliphatic carbocycles. The lowest BCUT2D eigenvalue weighted by atomic mass is 9.99. The van der Waals surface area contributed by atoms with E-state index >= 15 is 0 Å². The average molecular weight is 361 g/mol. The Hall–Kier alpha value is -2.18. The van der Waals surface area contributed by atoms with Gasteiger partial charge in [-0.15, -0.1) is 0 Å². The zero-order chi connectivity index (χ0) is 18.8. The Labute approximate surface area is 148 Å². The smallest absolute Gasteiger partial charge is 0.250 e. The standard InChI is InChI=1S/C19H23NO4S/c1-13-8-9-14(2)16(10-13)11-15-6-4-5-7-17(15)25(23,24)12-19(3,22)18(20)21/h4-10,22H,11-12H2,1-3H3,(H2,20,21). The molecule has 0 heterocycles. The topological polar surface area (TPSA) is 97.5 Å². The van der Waals surface area contributed by atoms with Crippen molar-refractivity contribution in [1.29, 1.82) is 0 Å². The molecule has 1 atom stereocenters. The van der Waals surface area contributed by atoms with E-state index in [1.165, 1.54) is 6.07 Å². The Morgan fingerprint density at radius 3 is 2.40 bits per heavy atom. The molecule has 2 rings (SSSR count). The second-order valence-corrected chi connectivity index (χ2v) is 8.57. The summed E-state index contributed by atoms with van der Waals surface area (Å²) in [5.41, 5.74) is 6.80. The molecule has 25 heavy (non-hydrogen) atoms. The fraction of sp³-hybridized carbons (Fsp3) is 0.316. The Morgan fingerprint density at radius 2 is 1.76 bits per heavy atom. The molecular weight excluding hydrogens is 338 g/mol. The zero-order valence-electron chi connectivity index (χ0n) is 14.6. The molecule has 0 bridgehead atoms. The van der Waals surface area contributed by atoms with E-state index in [4.69, 9.17) is 5.73 Å². The molecule has 0 spiro atoms. The van der Waals surface area contributed by atoms with Gasteiger partial charge in [0.05, 0.1) is 10.6 Å². The van der Waals surface area contributed by atoms with E-state index in [0.717, 1.165) is 23.6 Å². The van der Waals surface area contributed by atoms with Crippen LogP contribution in [0.5, 0.6) is 0 Å². The number of hydrogen-bond acceptors (Lipinski definition) is 4. The monoisotopic (exact) mass is 361 g/mol. The Bertz CT molecular complexity index is 901. The van der Waals surface area contributed by atoms with Gasteiger partial charge in [-0.3, -0.25) is 4.79 Å². The maximum Gasteiger partial charge on any atom is 0.250 e. The van der Waals surface area contributed by atoms with E-state index in [2.05, 4.69) is 0 Å². The van der Waals surface area contributed by atoms with Crippen LogP contribution in [0.15, 0.2) is 47.4 Å². The number of nitrogens with two attached hydrogens (primary N) is 1. The van der Waals surface area contributed by atoms with Crippen molar-refractivity contribution in [2.24, 2.45) is 5.73 Å². The fourth-order valence-electron chi connectivity index (χ4n) is 2.67. The van der Waals surface area contributed by atoms with Gasteiger partial charge in [-0.2, -0.15) is 0 Å². The lowest BCUT2D eigenvalue weighted by Gasteiger charge is -2.20. The molecule has 2 aromatic carbocycles. The molecule has 1 unspecified atom stereocenters. The van der Waals surface area contributed by atoms with Crippen LogP contribution in [0.2, 0.25) is 0 Å². The number of rotatable bonds is 6. The molecule has 0 aliphatic rings. The predicted octanol–water partition coefficient (Wildman–Crippen LogP) is 1.90. The van der Waals surface area contributed by atoms with Crippen molar-refractivity contribution in [1.82, 2.24) is 0 Å². The number of hydrogen-bond donors (Lipinski definition) is 2. The number of benzene rings is 2. The molecule has 2 aromatic rings. The van der Waals surface area contributed by atoms with Crippen LogP contribution in [0.25, 0.3) is 0 Å². The largest absolute Gasteiger partial charge is 0.379 e. The Balaban J connectivity index is 2.44. The van der Waals surface area contributed by atoms with Crippen LogP contribution >= 0.6 is 0 Å². The highest BCUT2D eigenvalue weighted by Gasteiger charge is 2.35. The number of amides is 1. The predicted molar refractivity (Wildman–Crippen MR) is 97.0 cm³/mol. The first-order valence-electron chi connectivity index (χ1n) is 7.92. The van der Waals surface area contributed by atoms with Gasteiger partial charge < -0.3 is 10.8 Å². The highest BCUT2D eigenvalue weighted by molar-refractivity contribution is 7.91. The number of carbonyl (C=O) groups is 1. The second kappa shape index (κ2) is 6.98. The van der Waals surface area contributed by atoms with E-state index in [0.29, 0.717) is 12.0 Å². The number of carbonyl (C=O) groups excluding carboxylic acids is 1. The van der Waals surface area contributed by atoms with Crippen LogP contribution in [-0.4, -0.2) is 30.8 Å². The highest BCUT2D eigenvalue weighted by Crippen LogP contribution is 2.24. The van der Waals surface area contributed by atoms with Gasteiger partial charge in [0.25, 0.3) is 0 Å². The van der Waals surface area contributed by atoms with Crippen molar-refractivity contribution in [2.75, 3.05) is 5.75 Å². The minimum absolute atomic E-state index is 0.109. The summed E-state index contributed by atoms with van der Waals surface area (Å²) >= 11 is 0. The molecule has 5 nitrogen and oxygen atoms in total. The molecule has 134 valence electrons. The van der Waals surface area contributed by atoms with Gasteiger partial charge in [0.1, 0.15) is 0 Å². The van der Waals surface area contributed by atoms with E-state index in [1.54, 1.807) is 18.2 Å². The lowest BCUT2D eigenvalue weighted by molar-refractivity contribution is -0.132. The first-order chi connectivity index (χ1) is 11.5. The van der Waals surface area contributed by atoms with Gasteiger partial charge in [0.15, 0.2) is 15.4 Å². The average Bonchev–Trinajstić information content (AvgIpc) is 2.50. The van der Waals surface area contributed by atoms with Crippen molar-refractivity contribution < 1.29 is 18.3 Å². The normalized spacial score (nSPS) is 14.1. The lowest BCUT2D eigenvalue weighted by Crippen LogP contribution is -2.46. The zero-order valence-corrected chi connectivity index (χ0v) is 15.4. The molecule has 0 aliphatic heterocycles. The van der Waals surface area contributed by atoms with Gasteiger partial charge in [0, 0.05) is 0 Å². The third-order valence-corrected chi connectivity index (χ3v) is 6.21. The van der Waals surface area contributed by atoms with Crippen LogP contribution in [0.1, 0.15) is 29.2 Å². The molecule has 0 radical (unpaired) electrons. The van der Waals surface area contributed by atoms with Crippen molar-refractivity contribution in [3.8, 4) is 0 Å². The van der Waals surface area contributed by atoms with Crippen LogP contribution in [0.4, 0.5) is 0 Å². The van der Waals surface area contributed by atoms with Crippen LogP contribution in [-0.2, 0) is 21.1 Å². The summed E-state index contributed by atoms with van der Waals surface area (Å²) in [5, 5.41) is 10.00. The van der Waals surface area contributed by atoms with E-state index in [9.17, 15) is 18.3 Å². The summed E-state index contributed by atoms with van der Waals surface area (Å²) < 4.78 is 25.5. The Morgan fingerprint density at radius 1 is 1.12 bits per heavy atom. The molecule has 0 saturated carbocycles. The maximum atomic E-state index is 12.7. The maximum absolute atomic E-state index is 12.7. The third kappa shape index (κ3) is 4.46. The van der Waals surface area contributed by atoms with Crippen LogP contribution in [0, 0.1) is 13.8 Å². The number of sulfone groups is 1. The van der Waals surface area contributed by atoms with Gasteiger partial charge in [-0.05, 0) is 49.9 Å². The molecule has 0 aromatic heterocycles. The Kier molecular flexibility index (Phi) is 5.34. The van der Waals surface area contributed by atoms with Gasteiger partial charge in [-0.1, -0.05) is 42.0 Å². The van der Waals surface area contributed by atoms with Crippen molar-refractivity contribution in [3.63, 3.8) is 0 Å². The quantitative estimate of drug-likeness (QED) is 0.821. The van der Waals surface area contributed by atoms with E-state index in [-0.39, 0.29) is 4.90 Å². The minimum Gasteiger partial charge on any atom is -0.379 e. The second-order valence-electron chi connectivity index (χ2n) is 6.61. The SMILES string of the molecule is Cc1ccc(C)c(Cc2ccccc2S(=O)(=O)CC(C)(O)C(N)=O)c1. The number of primary amides is 1. The first kappa shape index (κ1) is 19.1. The van der Waals surface area contributed by atoms with Gasteiger partial charge in [0.2, 0.25) is 5.91 Å². The van der Waals surface area contributed by atoms with Crippen molar-refractivity contribution in [2.45, 2.75) is 37.7 Å². The van der Waals surface area contributed by atoms with E-state index in [1.807, 2.05) is 32.0 Å². The molecule has 0 fully saturated rings. The van der Waals surface area contributed by atoms with Gasteiger partial charge in [-0.25, -0.2) is 8.42 Å². The van der Waals surface area contributed by atoms with E-state index < -0.39 is 27.1 Å². The third-order valence-electron chi connectivity index (χ3n) is 4.20. The summed E-state index contributed by atoms with van der Waals surface area (Å²) in [6, 6.07) is 12.7. The first-order valence-corrected chi connectivity index (χ1v) is 9.57. The molecule has 0 saturated heterocycles. The molecule has 1 amide bonds.